The molecule has 2 atom stereocenters. The van der Waals surface area contributed by atoms with Gasteiger partial charge in [-0.15, -0.1) is 0 Å². The molecule has 0 bridgehead atoms. The SMILES string of the molecule is CCC(C)[P+](=CCCCCCCCI)C(C)C. The molecule has 0 N–H and O–H groups in total. The molecule has 0 saturated carbocycles. The normalized spacial score (nSPS) is 14.4. The van der Waals surface area contributed by atoms with Crippen molar-refractivity contribution in [1.29, 1.82) is 0 Å². The number of alkyl halides is 1. The van der Waals surface area contributed by atoms with Crippen molar-refractivity contribution in [2.24, 2.45) is 0 Å². The van der Waals surface area contributed by atoms with E-state index in [0.29, 0.717) is 0 Å². The van der Waals surface area contributed by atoms with Crippen LogP contribution in [0.15, 0.2) is 0 Å². The van der Waals surface area contributed by atoms with E-state index in [1.54, 1.807) is 0 Å². The van der Waals surface area contributed by atoms with Crippen LogP contribution >= 0.6 is 30.1 Å². The zero-order chi connectivity index (χ0) is 13.1. The number of hydrogen-bond acceptors (Lipinski definition) is 0. The van der Waals surface area contributed by atoms with Gasteiger partial charge in [-0.2, -0.15) is 0 Å². The Labute approximate surface area is 124 Å². The molecule has 102 valence electrons. The number of hydrogen-bond donors (Lipinski definition) is 0. The van der Waals surface area contributed by atoms with Gasteiger partial charge in [0.15, 0.2) is 0 Å². The average molecular weight is 369 g/mol. The van der Waals surface area contributed by atoms with Crippen molar-refractivity contribution >= 4 is 35.9 Å². The molecule has 0 radical (unpaired) electrons. The molecule has 0 aromatic heterocycles. The summed E-state index contributed by atoms with van der Waals surface area (Å²) in [6, 6.07) is 0. The smallest absolute Gasteiger partial charge is 0.0864 e. The molecule has 2 unspecified atom stereocenters. The van der Waals surface area contributed by atoms with Gasteiger partial charge in [0.05, 0.1) is 13.3 Å². The molecule has 0 fully saturated rings. The topological polar surface area (TPSA) is 0 Å². The van der Waals surface area contributed by atoms with E-state index in [4.69, 9.17) is 0 Å². The van der Waals surface area contributed by atoms with Crippen molar-refractivity contribution in [3.05, 3.63) is 0 Å². The Balaban J connectivity index is 3.78. The maximum atomic E-state index is 2.67. The second-order valence-corrected chi connectivity index (χ2v) is 9.48. The minimum atomic E-state index is 0.165. The second-order valence-electron chi connectivity index (χ2n) is 5.23. The van der Waals surface area contributed by atoms with Gasteiger partial charge in [0, 0.05) is 6.42 Å². The lowest BCUT2D eigenvalue weighted by Gasteiger charge is -2.07. The molecule has 0 amide bonds. The van der Waals surface area contributed by atoms with Gasteiger partial charge in [0.25, 0.3) is 0 Å². The van der Waals surface area contributed by atoms with Gasteiger partial charge in [-0.05, 0) is 44.5 Å². The van der Waals surface area contributed by atoms with Gasteiger partial charge in [-0.25, -0.2) is 0 Å². The lowest BCUT2D eigenvalue weighted by atomic mass is 10.1. The molecular weight excluding hydrogens is 338 g/mol. The van der Waals surface area contributed by atoms with E-state index in [-0.39, 0.29) is 7.55 Å². The minimum Gasteiger partial charge on any atom is -0.0864 e. The van der Waals surface area contributed by atoms with Crippen LogP contribution in [-0.4, -0.2) is 21.5 Å². The molecule has 0 aliphatic carbocycles. The molecule has 2 heteroatoms. The van der Waals surface area contributed by atoms with Crippen molar-refractivity contribution in [3.8, 4) is 0 Å². The summed E-state index contributed by atoms with van der Waals surface area (Å²) < 4.78 is 1.33. The number of rotatable bonds is 10. The van der Waals surface area contributed by atoms with Crippen molar-refractivity contribution < 1.29 is 0 Å². The first-order chi connectivity index (χ1) is 8.13. The third kappa shape index (κ3) is 9.47. The summed E-state index contributed by atoms with van der Waals surface area (Å²) >= 11 is 2.48. The Morgan fingerprint density at radius 2 is 1.59 bits per heavy atom. The van der Waals surface area contributed by atoms with Crippen LogP contribution in [0.3, 0.4) is 0 Å². The van der Waals surface area contributed by atoms with Crippen molar-refractivity contribution in [2.45, 2.75) is 84.0 Å². The predicted octanol–water partition coefficient (Wildman–Crippen LogP) is 6.25. The lowest BCUT2D eigenvalue weighted by Crippen LogP contribution is -2.02. The van der Waals surface area contributed by atoms with E-state index in [1.165, 1.54) is 49.4 Å². The van der Waals surface area contributed by atoms with Crippen LogP contribution in [0.4, 0.5) is 0 Å². The highest BCUT2D eigenvalue weighted by Crippen LogP contribution is 2.36. The van der Waals surface area contributed by atoms with E-state index < -0.39 is 0 Å². The summed E-state index contributed by atoms with van der Waals surface area (Å²) in [7, 11) is 0.165. The molecule has 0 spiro atoms. The van der Waals surface area contributed by atoms with E-state index in [1.807, 2.05) is 0 Å². The maximum Gasteiger partial charge on any atom is 0.113 e. The predicted molar refractivity (Wildman–Crippen MR) is 94.5 cm³/mol. The van der Waals surface area contributed by atoms with Gasteiger partial charge in [0.1, 0.15) is 11.3 Å². The molecule has 0 nitrogen and oxygen atoms in total. The van der Waals surface area contributed by atoms with Crippen LogP contribution in [0, 0.1) is 0 Å². The fraction of sp³-hybridized carbons (Fsp3) is 0.933. The third-order valence-electron chi connectivity index (χ3n) is 3.37. The first kappa shape index (κ1) is 17.9. The van der Waals surface area contributed by atoms with Crippen LogP contribution in [-0.2, 0) is 0 Å². The summed E-state index contributed by atoms with van der Waals surface area (Å²) in [5, 5.41) is 0. The molecule has 0 aromatic carbocycles. The molecular formula is C15H31IP+. The zero-order valence-electron chi connectivity index (χ0n) is 12.2. The average Bonchev–Trinajstić information content (AvgIpc) is 2.31. The summed E-state index contributed by atoms with van der Waals surface area (Å²) in [6.07, 6.45) is 9.86. The Kier molecular flexibility index (Phi) is 12.6. The Hall–Kier alpha value is 0.900. The van der Waals surface area contributed by atoms with E-state index >= 15 is 0 Å². The summed E-state index contributed by atoms with van der Waals surface area (Å²) in [5.41, 5.74) is 1.79. The molecule has 0 saturated heterocycles. The Bertz CT molecular complexity index is 199. The van der Waals surface area contributed by atoms with Gasteiger partial charge >= 0.3 is 0 Å². The zero-order valence-corrected chi connectivity index (χ0v) is 15.3. The fourth-order valence-corrected chi connectivity index (χ4v) is 5.36. The minimum absolute atomic E-state index is 0.165. The van der Waals surface area contributed by atoms with E-state index in [9.17, 15) is 0 Å². The quantitative estimate of drug-likeness (QED) is 0.185. The summed E-state index contributed by atoms with van der Waals surface area (Å²) in [4.78, 5) is 0. The third-order valence-corrected chi connectivity index (χ3v) is 7.39. The highest BCUT2D eigenvalue weighted by Gasteiger charge is 2.21. The Morgan fingerprint density at radius 1 is 1.00 bits per heavy atom. The highest BCUT2D eigenvalue weighted by molar-refractivity contribution is 14.1. The van der Waals surface area contributed by atoms with Crippen LogP contribution < -0.4 is 0 Å². The molecule has 0 aliphatic heterocycles. The summed E-state index contributed by atoms with van der Waals surface area (Å²) in [5.74, 6) is 2.67. The Morgan fingerprint density at radius 3 is 2.12 bits per heavy atom. The van der Waals surface area contributed by atoms with Gasteiger partial charge < -0.3 is 0 Å². The highest BCUT2D eigenvalue weighted by atomic mass is 127. The van der Waals surface area contributed by atoms with E-state index in [2.05, 4.69) is 56.1 Å². The van der Waals surface area contributed by atoms with Crippen molar-refractivity contribution in [1.82, 2.24) is 0 Å². The molecule has 0 heterocycles. The lowest BCUT2D eigenvalue weighted by molar-refractivity contribution is 0.651. The molecule has 0 rings (SSSR count). The molecule has 0 aromatic rings. The molecule has 0 aliphatic rings. The van der Waals surface area contributed by atoms with Gasteiger partial charge in [-0.1, -0.05) is 48.8 Å². The number of unbranched alkanes of at least 4 members (excludes halogenated alkanes) is 5. The number of halogens is 1. The first-order valence-corrected chi connectivity index (χ1v) is 10.4. The maximum absolute atomic E-state index is 2.67. The van der Waals surface area contributed by atoms with Gasteiger partial charge in [-0.3, -0.25) is 0 Å². The molecule has 17 heavy (non-hydrogen) atoms. The van der Waals surface area contributed by atoms with Crippen LogP contribution in [0.1, 0.15) is 72.6 Å². The van der Waals surface area contributed by atoms with Crippen LogP contribution in [0.5, 0.6) is 0 Å². The standard InChI is InChI=1S/C15H31IP/c1-5-15(4)17(14(2)3)13-11-9-7-6-8-10-12-16/h13-15H,5-12H2,1-4H3/q+1. The monoisotopic (exact) mass is 369 g/mol. The second kappa shape index (κ2) is 12.0. The largest absolute Gasteiger partial charge is 0.113 e. The summed E-state index contributed by atoms with van der Waals surface area (Å²) in [6.45, 7) is 9.56. The van der Waals surface area contributed by atoms with Crippen molar-refractivity contribution in [2.75, 3.05) is 4.43 Å². The fourth-order valence-electron chi connectivity index (χ4n) is 2.12. The first-order valence-electron chi connectivity index (χ1n) is 7.30. The van der Waals surface area contributed by atoms with Crippen LogP contribution in [0.25, 0.3) is 0 Å². The van der Waals surface area contributed by atoms with Gasteiger partial charge in [0.2, 0.25) is 0 Å². The van der Waals surface area contributed by atoms with Crippen molar-refractivity contribution in [3.63, 3.8) is 0 Å². The van der Waals surface area contributed by atoms with E-state index in [0.717, 1.165) is 11.3 Å². The van der Waals surface area contributed by atoms with Crippen LogP contribution in [0.2, 0.25) is 0 Å².